The monoisotopic (exact) mass is 361 g/mol. The van der Waals surface area contributed by atoms with Gasteiger partial charge in [0.05, 0.1) is 29.5 Å². The van der Waals surface area contributed by atoms with Crippen LogP contribution in [0.2, 0.25) is 0 Å². The second-order valence-electron chi connectivity index (χ2n) is 6.77. The Labute approximate surface area is 157 Å². The molecule has 1 fully saturated rings. The number of hydrogen-bond donors (Lipinski definition) is 0. The maximum absolute atomic E-state index is 13.0. The third-order valence-corrected chi connectivity index (χ3v) is 5.02. The minimum atomic E-state index is -0.232. The van der Waals surface area contributed by atoms with E-state index in [1.807, 2.05) is 24.3 Å². The second-order valence-corrected chi connectivity index (χ2v) is 6.77. The lowest BCUT2D eigenvalue weighted by Crippen LogP contribution is -2.37. The summed E-state index contributed by atoms with van der Waals surface area (Å²) in [7, 11) is 0. The predicted octanol–water partition coefficient (Wildman–Crippen LogP) is 4.43. The van der Waals surface area contributed by atoms with Gasteiger partial charge in [-0.15, -0.1) is 0 Å². The Balaban J connectivity index is 1.44. The smallest absolute Gasteiger partial charge is 0.123 e. The van der Waals surface area contributed by atoms with Gasteiger partial charge in [-0.3, -0.25) is 4.98 Å². The number of pyridine rings is 1. The van der Waals surface area contributed by atoms with Gasteiger partial charge in [-0.25, -0.2) is 4.39 Å². The van der Waals surface area contributed by atoms with E-state index < -0.39 is 0 Å². The number of piperidine rings is 1. The molecule has 2 heterocycles. The molecule has 0 atom stereocenters. The fraction of sp³-hybridized carbons (Fsp3) is 0.273. The molecule has 27 heavy (non-hydrogen) atoms. The lowest BCUT2D eigenvalue weighted by Gasteiger charge is -2.34. The summed E-state index contributed by atoms with van der Waals surface area (Å²) in [6, 6.07) is 16.6. The number of anilines is 1. The van der Waals surface area contributed by atoms with Gasteiger partial charge in [-0.05, 0) is 36.6 Å². The summed E-state index contributed by atoms with van der Waals surface area (Å²) in [6.07, 6.45) is 3.62. The molecule has 1 aliphatic heterocycles. The van der Waals surface area contributed by atoms with E-state index in [2.05, 4.69) is 16.0 Å². The molecular weight excluding hydrogens is 341 g/mol. The minimum Gasteiger partial charge on any atom is -0.373 e. The van der Waals surface area contributed by atoms with Gasteiger partial charge in [-0.2, -0.15) is 5.26 Å². The van der Waals surface area contributed by atoms with Crippen molar-refractivity contribution in [1.82, 2.24) is 4.98 Å². The highest BCUT2D eigenvalue weighted by Gasteiger charge is 2.23. The number of aromatic nitrogens is 1. The molecule has 5 heteroatoms. The summed E-state index contributed by atoms with van der Waals surface area (Å²) < 4.78 is 19.0. The van der Waals surface area contributed by atoms with E-state index in [0.29, 0.717) is 12.2 Å². The SMILES string of the molecule is N#Cc1cnc2ccccc2c1N1CCC(OCc2ccc(F)cc2)CC1. The molecule has 0 saturated carbocycles. The Bertz CT molecular complexity index is 973. The number of benzene rings is 2. The third kappa shape index (κ3) is 3.76. The first kappa shape index (κ1) is 17.4. The van der Waals surface area contributed by atoms with Gasteiger partial charge in [0, 0.05) is 24.7 Å². The quantitative estimate of drug-likeness (QED) is 0.690. The van der Waals surface area contributed by atoms with Gasteiger partial charge >= 0.3 is 0 Å². The van der Waals surface area contributed by atoms with Crippen LogP contribution in [0.1, 0.15) is 24.0 Å². The highest BCUT2D eigenvalue weighted by Crippen LogP contribution is 2.31. The molecular formula is C22H20FN3O. The van der Waals surface area contributed by atoms with Crippen molar-refractivity contribution in [2.24, 2.45) is 0 Å². The Morgan fingerprint density at radius 2 is 1.85 bits per heavy atom. The molecule has 2 aromatic carbocycles. The molecule has 0 aliphatic carbocycles. The summed E-state index contributed by atoms with van der Waals surface area (Å²) in [4.78, 5) is 6.66. The van der Waals surface area contributed by atoms with Crippen molar-refractivity contribution in [3.8, 4) is 6.07 Å². The van der Waals surface area contributed by atoms with Crippen molar-refractivity contribution in [3.05, 3.63) is 71.7 Å². The van der Waals surface area contributed by atoms with E-state index in [9.17, 15) is 9.65 Å². The van der Waals surface area contributed by atoms with Crippen LogP contribution < -0.4 is 4.90 Å². The number of halogens is 1. The zero-order valence-corrected chi connectivity index (χ0v) is 14.9. The number of fused-ring (bicyclic) bond motifs is 1. The van der Waals surface area contributed by atoms with Crippen molar-refractivity contribution < 1.29 is 9.13 Å². The van der Waals surface area contributed by atoms with Crippen molar-refractivity contribution in [3.63, 3.8) is 0 Å². The standard InChI is InChI=1S/C22H20FN3O/c23-18-7-5-16(6-8-18)15-27-19-9-11-26(12-10-19)22-17(13-24)14-25-21-4-2-1-3-20(21)22/h1-8,14,19H,9-12,15H2. The zero-order valence-electron chi connectivity index (χ0n) is 14.9. The minimum absolute atomic E-state index is 0.171. The first-order valence-corrected chi connectivity index (χ1v) is 9.13. The number of ether oxygens (including phenoxy) is 1. The van der Waals surface area contributed by atoms with Crippen LogP contribution in [0.4, 0.5) is 10.1 Å². The van der Waals surface area contributed by atoms with E-state index in [-0.39, 0.29) is 11.9 Å². The Hall–Kier alpha value is -2.97. The lowest BCUT2D eigenvalue weighted by molar-refractivity contribution is 0.0251. The summed E-state index contributed by atoms with van der Waals surface area (Å²) >= 11 is 0. The van der Waals surface area contributed by atoms with Crippen LogP contribution in [0, 0.1) is 17.1 Å². The molecule has 0 radical (unpaired) electrons. The molecule has 0 N–H and O–H groups in total. The highest BCUT2D eigenvalue weighted by molar-refractivity contribution is 5.94. The fourth-order valence-corrected chi connectivity index (χ4v) is 3.59. The van der Waals surface area contributed by atoms with Crippen molar-refractivity contribution >= 4 is 16.6 Å². The maximum atomic E-state index is 13.0. The summed E-state index contributed by atoms with van der Waals surface area (Å²) in [5.74, 6) is -0.232. The molecule has 0 spiro atoms. The molecule has 136 valence electrons. The molecule has 3 aromatic rings. The molecule has 4 rings (SSSR count). The molecule has 4 nitrogen and oxygen atoms in total. The normalized spacial score (nSPS) is 15.0. The van der Waals surface area contributed by atoms with Gasteiger partial charge in [0.2, 0.25) is 0 Å². The highest BCUT2D eigenvalue weighted by atomic mass is 19.1. The van der Waals surface area contributed by atoms with Crippen LogP contribution in [0.25, 0.3) is 10.9 Å². The zero-order chi connectivity index (χ0) is 18.6. The van der Waals surface area contributed by atoms with Crippen molar-refractivity contribution in [2.75, 3.05) is 18.0 Å². The van der Waals surface area contributed by atoms with Crippen molar-refractivity contribution in [1.29, 1.82) is 5.26 Å². The maximum Gasteiger partial charge on any atom is 0.123 e. The Kier molecular flexibility index (Phi) is 4.99. The Morgan fingerprint density at radius 3 is 2.59 bits per heavy atom. The largest absolute Gasteiger partial charge is 0.373 e. The number of rotatable bonds is 4. The molecule has 0 amide bonds. The van der Waals surface area contributed by atoms with Crippen LogP contribution in [-0.4, -0.2) is 24.2 Å². The van der Waals surface area contributed by atoms with Gasteiger partial charge in [0.25, 0.3) is 0 Å². The van der Waals surface area contributed by atoms with Crippen LogP contribution in [-0.2, 0) is 11.3 Å². The first-order chi connectivity index (χ1) is 13.2. The van der Waals surface area contributed by atoms with Gasteiger partial charge < -0.3 is 9.64 Å². The second kappa shape index (κ2) is 7.73. The van der Waals surface area contributed by atoms with Crippen LogP contribution >= 0.6 is 0 Å². The van der Waals surface area contributed by atoms with Crippen LogP contribution in [0.3, 0.4) is 0 Å². The average molecular weight is 361 g/mol. The first-order valence-electron chi connectivity index (χ1n) is 9.13. The van der Waals surface area contributed by atoms with Gasteiger partial charge in [0.1, 0.15) is 11.9 Å². The topological polar surface area (TPSA) is 49.2 Å². The third-order valence-electron chi connectivity index (χ3n) is 5.02. The summed E-state index contributed by atoms with van der Waals surface area (Å²) in [6.45, 7) is 2.15. The number of nitriles is 1. The number of nitrogens with zero attached hydrogens (tertiary/aromatic N) is 3. The van der Waals surface area contributed by atoms with E-state index in [0.717, 1.165) is 48.1 Å². The predicted molar refractivity (Wildman–Crippen MR) is 103 cm³/mol. The van der Waals surface area contributed by atoms with E-state index >= 15 is 0 Å². The van der Waals surface area contributed by atoms with E-state index in [1.165, 1.54) is 12.1 Å². The summed E-state index contributed by atoms with van der Waals surface area (Å²) in [5, 5.41) is 10.5. The molecule has 0 bridgehead atoms. The van der Waals surface area contributed by atoms with E-state index in [4.69, 9.17) is 4.74 Å². The molecule has 1 saturated heterocycles. The number of para-hydroxylation sites is 1. The van der Waals surface area contributed by atoms with E-state index in [1.54, 1.807) is 18.3 Å². The fourth-order valence-electron chi connectivity index (χ4n) is 3.59. The summed E-state index contributed by atoms with van der Waals surface area (Å²) in [5.41, 5.74) is 3.46. The van der Waals surface area contributed by atoms with Gasteiger partial charge in [0.15, 0.2) is 0 Å². The van der Waals surface area contributed by atoms with Crippen LogP contribution in [0.15, 0.2) is 54.7 Å². The van der Waals surface area contributed by atoms with Crippen LogP contribution in [0.5, 0.6) is 0 Å². The number of hydrogen-bond acceptors (Lipinski definition) is 4. The average Bonchev–Trinajstić information content (AvgIpc) is 2.73. The Morgan fingerprint density at radius 1 is 1.11 bits per heavy atom. The van der Waals surface area contributed by atoms with Gasteiger partial charge in [-0.1, -0.05) is 30.3 Å². The molecule has 0 unspecified atom stereocenters. The lowest BCUT2D eigenvalue weighted by atomic mass is 10.0. The molecule has 1 aromatic heterocycles. The molecule has 1 aliphatic rings. The van der Waals surface area contributed by atoms with Crippen molar-refractivity contribution in [2.45, 2.75) is 25.6 Å².